The lowest BCUT2D eigenvalue weighted by molar-refractivity contribution is 0.289. The van der Waals surface area contributed by atoms with Crippen molar-refractivity contribution in [3.05, 3.63) is 0 Å². The summed E-state index contributed by atoms with van der Waals surface area (Å²) in [6, 6.07) is 0. The second-order valence-electron chi connectivity index (χ2n) is 7.07. The van der Waals surface area contributed by atoms with Crippen LogP contribution in [-0.4, -0.2) is 68.3 Å². The average Bonchev–Trinajstić information content (AvgIpc) is 2.64. The van der Waals surface area contributed by atoms with Crippen molar-refractivity contribution >= 4 is 0 Å². The maximum Gasteiger partial charge on any atom is 0.0571 e. The topological polar surface area (TPSA) is 30.5 Å². The molecule has 0 radical (unpaired) electrons. The molecule has 0 heterocycles. The zero-order valence-electron chi connectivity index (χ0n) is 18.1. The van der Waals surface area contributed by atoms with Crippen molar-refractivity contribution in [2.45, 2.75) is 85.7 Å². The van der Waals surface area contributed by atoms with E-state index in [9.17, 15) is 0 Å². The molecule has 0 aliphatic heterocycles. The molecule has 0 bridgehead atoms. The van der Waals surface area contributed by atoms with E-state index in [0.717, 1.165) is 13.1 Å². The zero-order valence-corrected chi connectivity index (χ0v) is 18.1. The molecule has 0 aromatic heterocycles. The standard InChI is InChI=1S/C21H48N4/c1-6-11-16-21(22-17-12-14-19-24(7-2)8-3)23-18-13-15-20-25(9-4)10-5/h21-23H,6-20H2,1-5H3/i24+1,25+1. The Bertz CT molecular complexity index is 230. The number of hydrogen-bond donors (Lipinski definition) is 2. The highest BCUT2D eigenvalue weighted by Crippen LogP contribution is 2.01. The number of unbranched alkanes of at least 4 members (excludes halogenated alkanes) is 3. The highest BCUT2D eigenvalue weighted by molar-refractivity contribution is 4.66. The van der Waals surface area contributed by atoms with Gasteiger partial charge in [-0.2, -0.15) is 0 Å². The van der Waals surface area contributed by atoms with E-state index in [1.807, 2.05) is 0 Å². The van der Waals surface area contributed by atoms with E-state index in [1.54, 1.807) is 0 Å². The lowest BCUT2D eigenvalue weighted by Gasteiger charge is -2.22. The number of rotatable bonds is 19. The van der Waals surface area contributed by atoms with Gasteiger partial charge in [-0.05, 0) is 84.5 Å². The fourth-order valence-corrected chi connectivity index (χ4v) is 3.24. The molecule has 0 saturated carbocycles. The minimum atomic E-state index is 0.502. The van der Waals surface area contributed by atoms with Gasteiger partial charge in [-0.25, -0.2) is 0 Å². The molecule has 0 spiro atoms. The molecule has 0 fully saturated rings. The van der Waals surface area contributed by atoms with Gasteiger partial charge in [-0.15, -0.1) is 0 Å². The van der Waals surface area contributed by atoms with Gasteiger partial charge in [-0.3, -0.25) is 0 Å². The predicted molar refractivity (Wildman–Crippen MR) is 113 cm³/mol. The summed E-state index contributed by atoms with van der Waals surface area (Å²) in [7, 11) is 0. The van der Waals surface area contributed by atoms with Gasteiger partial charge in [0.2, 0.25) is 0 Å². The Morgan fingerprint density at radius 1 is 0.600 bits per heavy atom. The largest absolute Gasteiger partial charge is 0.304 e. The first-order valence-corrected chi connectivity index (χ1v) is 11.1. The van der Waals surface area contributed by atoms with Gasteiger partial charge in [-0.1, -0.05) is 47.5 Å². The van der Waals surface area contributed by atoms with Gasteiger partial charge in [0, 0.05) is 0 Å². The van der Waals surface area contributed by atoms with Crippen LogP contribution in [0, 0.1) is 0 Å². The lowest BCUT2D eigenvalue weighted by atomic mass is 10.2. The van der Waals surface area contributed by atoms with Gasteiger partial charge in [0.25, 0.3) is 0 Å². The van der Waals surface area contributed by atoms with Crippen LogP contribution in [0.2, 0.25) is 0 Å². The minimum absolute atomic E-state index is 0.502. The van der Waals surface area contributed by atoms with E-state index in [2.05, 4.69) is 55.1 Å². The van der Waals surface area contributed by atoms with E-state index in [-0.39, 0.29) is 0 Å². The highest BCUT2D eigenvalue weighted by atomic mass is 15.8. The summed E-state index contributed by atoms with van der Waals surface area (Å²) in [6.07, 6.45) is 9.52. The third kappa shape index (κ3) is 14.7. The van der Waals surface area contributed by atoms with Crippen LogP contribution in [0.5, 0.6) is 0 Å². The average molecular weight is 359 g/mol. The number of hydrogen-bond acceptors (Lipinski definition) is 4. The van der Waals surface area contributed by atoms with E-state index < -0.39 is 0 Å². The second-order valence-corrected chi connectivity index (χ2v) is 7.07. The Morgan fingerprint density at radius 2 is 1.04 bits per heavy atom. The monoisotopic (exact) mass is 358 g/mol. The maximum absolute atomic E-state index is 3.75. The fourth-order valence-electron chi connectivity index (χ4n) is 3.24. The van der Waals surface area contributed by atoms with Crippen molar-refractivity contribution in [2.75, 3.05) is 52.4 Å². The molecule has 0 atom stereocenters. The summed E-state index contributed by atoms with van der Waals surface area (Å²) >= 11 is 0. The molecule has 0 rings (SSSR count). The fraction of sp³-hybridized carbons (Fsp3) is 1.00. The van der Waals surface area contributed by atoms with Gasteiger partial charge in [0.15, 0.2) is 0 Å². The normalized spacial score (nSPS) is 12.0. The van der Waals surface area contributed by atoms with Crippen molar-refractivity contribution in [3.8, 4) is 0 Å². The van der Waals surface area contributed by atoms with Gasteiger partial charge >= 0.3 is 0 Å². The van der Waals surface area contributed by atoms with Crippen LogP contribution >= 0.6 is 0 Å². The summed E-state index contributed by atoms with van der Waals surface area (Å²) in [5.74, 6) is 0. The van der Waals surface area contributed by atoms with Gasteiger partial charge < -0.3 is 20.4 Å². The molecule has 4 nitrogen and oxygen atoms in total. The summed E-state index contributed by atoms with van der Waals surface area (Å²) in [5, 5.41) is 7.49. The van der Waals surface area contributed by atoms with Crippen molar-refractivity contribution < 1.29 is 0 Å². The summed E-state index contributed by atoms with van der Waals surface area (Å²) < 4.78 is 0. The maximum atomic E-state index is 3.75. The molecule has 2 N–H and O–H groups in total. The summed E-state index contributed by atoms with van der Waals surface area (Å²) in [4.78, 5) is 5.03. The first kappa shape index (κ1) is 24.8. The van der Waals surface area contributed by atoms with Crippen LogP contribution in [0.1, 0.15) is 79.6 Å². The van der Waals surface area contributed by atoms with Crippen LogP contribution < -0.4 is 10.6 Å². The Balaban J connectivity index is 3.81. The first-order valence-electron chi connectivity index (χ1n) is 11.1. The molecule has 0 amide bonds. The molecule has 0 aromatic rings. The number of nitrogens with one attached hydrogen (secondary N) is 2. The molecular weight excluding hydrogens is 310 g/mol. The summed E-state index contributed by atoms with van der Waals surface area (Å²) in [5.41, 5.74) is 0. The van der Waals surface area contributed by atoms with E-state index in [0.29, 0.717) is 6.17 Å². The molecule has 0 saturated heterocycles. The molecule has 0 unspecified atom stereocenters. The first-order chi connectivity index (χ1) is 12.2. The van der Waals surface area contributed by atoms with Gasteiger partial charge in [0.1, 0.15) is 0 Å². The van der Waals surface area contributed by atoms with Crippen molar-refractivity contribution in [1.29, 1.82) is 0 Å². The second kappa shape index (κ2) is 18.6. The SMILES string of the molecule is CCCCC(NCCCC[15N](CC)CC)NCCCC[15N](CC)CC. The quantitative estimate of drug-likeness (QED) is 0.208. The smallest absolute Gasteiger partial charge is 0.0571 e. The van der Waals surface area contributed by atoms with Crippen LogP contribution in [-0.2, 0) is 0 Å². The molecule has 25 heavy (non-hydrogen) atoms. The van der Waals surface area contributed by atoms with Crippen LogP contribution in [0.25, 0.3) is 0 Å². The van der Waals surface area contributed by atoms with Crippen LogP contribution in [0.15, 0.2) is 0 Å². The molecule has 4 heteroatoms. The Morgan fingerprint density at radius 3 is 1.40 bits per heavy atom. The highest BCUT2D eigenvalue weighted by Gasteiger charge is 2.07. The zero-order chi connectivity index (χ0) is 18.8. The van der Waals surface area contributed by atoms with Crippen LogP contribution in [0.4, 0.5) is 0 Å². The molecule has 0 aliphatic rings. The minimum Gasteiger partial charge on any atom is -0.304 e. The Hall–Kier alpha value is -0.160. The van der Waals surface area contributed by atoms with Crippen molar-refractivity contribution in [2.24, 2.45) is 0 Å². The van der Waals surface area contributed by atoms with E-state index >= 15 is 0 Å². The lowest BCUT2D eigenvalue weighted by Crippen LogP contribution is -2.43. The molecule has 0 aromatic carbocycles. The van der Waals surface area contributed by atoms with Gasteiger partial charge in [0.05, 0.1) is 6.17 Å². The molecule has 152 valence electrons. The molecule has 0 aliphatic carbocycles. The van der Waals surface area contributed by atoms with Crippen molar-refractivity contribution in [1.82, 2.24) is 20.4 Å². The number of nitrogens with zero attached hydrogens (tertiary/aromatic N) is 2. The van der Waals surface area contributed by atoms with Crippen LogP contribution in [0.3, 0.4) is 0 Å². The third-order valence-electron chi connectivity index (χ3n) is 5.22. The molecular formula is C21H48N4. The van der Waals surface area contributed by atoms with Crippen molar-refractivity contribution in [3.63, 3.8) is 0 Å². The van der Waals surface area contributed by atoms with E-state index in [4.69, 9.17) is 0 Å². The summed E-state index contributed by atoms with van der Waals surface area (Å²) in [6.45, 7) is 20.8. The predicted octanol–water partition coefficient (Wildman–Crippen LogP) is 3.93. The Kier molecular flexibility index (Phi) is 18.5. The third-order valence-corrected chi connectivity index (χ3v) is 5.22. The Labute approximate surface area is 159 Å². The van der Waals surface area contributed by atoms with E-state index in [1.165, 1.54) is 84.2 Å².